The zero-order valence-electron chi connectivity index (χ0n) is 11.9. The number of hydrogen-bond acceptors (Lipinski definition) is 3. The normalized spacial score (nSPS) is 12.2. The summed E-state index contributed by atoms with van der Waals surface area (Å²) in [5, 5.41) is 9.26. The summed E-state index contributed by atoms with van der Waals surface area (Å²) in [6.07, 6.45) is 0. The highest BCUT2D eigenvalue weighted by Crippen LogP contribution is 2.20. The molecule has 0 bridgehead atoms. The van der Waals surface area contributed by atoms with Gasteiger partial charge in [-0.1, -0.05) is 42.5 Å². The second-order valence-electron chi connectivity index (χ2n) is 5.01. The van der Waals surface area contributed by atoms with E-state index in [2.05, 4.69) is 41.3 Å². The number of nitrogens with zero attached hydrogens (tertiary/aromatic N) is 1. The van der Waals surface area contributed by atoms with Gasteiger partial charge in [0.05, 0.1) is 6.61 Å². The zero-order valence-corrected chi connectivity index (χ0v) is 11.9. The van der Waals surface area contributed by atoms with Gasteiger partial charge in [-0.15, -0.1) is 0 Å². The molecule has 3 heteroatoms. The molecule has 0 amide bonds. The van der Waals surface area contributed by atoms with Crippen LogP contribution in [0.4, 0.5) is 5.69 Å². The summed E-state index contributed by atoms with van der Waals surface area (Å²) in [4.78, 5) is 2.17. The first kappa shape index (κ1) is 14.6. The third-order valence-electron chi connectivity index (χ3n) is 3.37. The monoisotopic (exact) mass is 270 g/mol. The zero-order chi connectivity index (χ0) is 14.4. The lowest BCUT2D eigenvalue weighted by Crippen LogP contribution is -2.26. The molecule has 0 aliphatic heterocycles. The second kappa shape index (κ2) is 7.08. The van der Waals surface area contributed by atoms with Gasteiger partial charge in [0.15, 0.2) is 0 Å². The minimum atomic E-state index is 0.0458. The molecular weight excluding hydrogens is 248 g/mol. The number of rotatable bonds is 6. The van der Waals surface area contributed by atoms with Crippen LogP contribution in [0.3, 0.4) is 0 Å². The molecule has 3 N–H and O–H groups in total. The van der Waals surface area contributed by atoms with E-state index in [-0.39, 0.29) is 12.6 Å². The Morgan fingerprint density at radius 3 is 2.25 bits per heavy atom. The Morgan fingerprint density at radius 1 is 1.05 bits per heavy atom. The molecule has 0 aliphatic rings. The molecule has 2 aromatic rings. The van der Waals surface area contributed by atoms with Crippen molar-refractivity contribution in [2.24, 2.45) is 5.73 Å². The maximum absolute atomic E-state index is 9.26. The second-order valence-corrected chi connectivity index (χ2v) is 5.01. The molecule has 20 heavy (non-hydrogen) atoms. The van der Waals surface area contributed by atoms with Gasteiger partial charge in [-0.2, -0.15) is 0 Å². The first-order chi connectivity index (χ1) is 9.70. The molecule has 106 valence electrons. The van der Waals surface area contributed by atoms with Crippen LogP contribution in [-0.4, -0.2) is 18.3 Å². The number of aliphatic hydroxyl groups is 1. The van der Waals surface area contributed by atoms with Crippen molar-refractivity contribution in [2.45, 2.75) is 19.5 Å². The number of aliphatic hydroxyl groups excluding tert-OH is 1. The smallest absolute Gasteiger partial charge is 0.0606 e. The lowest BCUT2D eigenvalue weighted by atomic mass is 10.1. The van der Waals surface area contributed by atoms with E-state index in [1.807, 2.05) is 25.1 Å². The maximum Gasteiger partial charge on any atom is 0.0606 e. The first-order valence-corrected chi connectivity index (χ1v) is 6.96. The highest BCUT2D eigenvalue weighted by Gasteiger charge is 2.07. The molecule has 0 fully saturated rings. The number of benzene rings is 2. The lowest BCUT2D eigenvalue weighted by molar-refractivity contribution is 0.301. The van der Waals surface area contributed by atoms with Gasteiger partial charge in [-0.25, -0.2) is 0 Å². The Labute approximate surface area is 120 Å². The topological polar surface area (TPSA) is 49.5 Å². The van der Waals surface area contributed by atoms with Crippen molar-refractivity contribution < 1.29 is 5.11 Å². The molecule has 2 rings (SSSR count). The molecule has 0 aromatic heterocycles. The number of nitrogens with two attached hydrogens (primary N) is 1. The van der Waals surface area contributed by atoms with Crippen molar-refractivity contribution in [3.8, 4) is 0 Å². The van der Waals surface area contributed by atoms with Gasteiger partial charge in [-0.3, -0.25) is 0 Å². The van der Waals surface area contributed by atoms with Crippen molar-refractivity contribution in [1.82, 2.24) is 0 Å². The van der Waals surface area contributed by atoms with Gasteiger partial charge in [0.25, 0.3) is 0 Å². The van der Waals surface area contributed by atoms with Crippen LogP contribution in [0.5, 0.6) is 0 Å². The van der Waals surface area contributed by atoms with Crippen LogP contribution < -0.4 is 10.6 Å². The van der Waals surface area contributed by atoms with E-state index in [1.54, 1.807) is 0 Å². The summed E-state index contributed by atoms with van der Waals surface area (Å²) in [6, 6.07) is 18.6. The van der Waals surface area contributed by atoms with Crippen LogP contribution >= 0.6 is 0 Å². The Bertz CT molecular complexity index is 508. The molecule has 0 heterocycles. The molecule has 2 aromatic carbocycles. The van der Waals surface area contributed by atoms with Crippen LogP contribution in [0.25, 0.3) is 0 Å². The van der Waals surface area contributed by atoms with Crippen LogP contribution in [0, 0.1) is 0 Å². The fourth-order valence-corrected chi connectivity index (χ4v) is 2.21. The molecule has 0 aliphatic carbocycles. The minimum absolute atomic E-state index is 0.0458. The maximum atomic E-state index is 9.26. The van der Waals surface area contributed by atoms with Crippen molar-refractivity contribution in [1.29, 1.82) is 0 Å². The van der Waals surface area contributed by atoms with E-state index < -0.39 is 0 Å². The number of hydrogen-bond donors (Lipinski definition) is 2. The van der Waals surface area contributed by atoms with E-state index >= 15 is 0 Å². The van der Waals surface area contributed by atoms with Crippen LogP contribution in [-0.2, 0) is 6.54 Å². The molecule has 0 radical (unpaired) electrons. The largest absolute Gasteiger partial charge is 0.395 e. The van der Waals surface area contributed by atoms with E-state index in [0.717, 1.165) is 17.8 Å². The van der Waals surface area contributed by atoms with Crippen LogP contribution in [0.2, 0.25) is 0 Å². The summed E-state index contributed by atoms with van der Waals surface area (Å²) in [6.45, 7) is 3.53. The minimum Gasteiger partial charge on any atom is -0.395 e. The van der Waals surface area contributed by atoms with Crippen LogP contribution in [0.15, 0.2) is 54.6 Å². The van der Waals surface area contributed by atoms with Gasteiger partial charge in [0.2, 0.25) is 0 Å². The molecule has 0 unspecified atom stereocenters. The quantitative estimate of drug-likeness (QED) is 0.848. The van der Waals surface area contributed by atoms with Crippen LogP contribution in [0.1, 0.15) is 24.1 Å². The average molecular weight is 270 g/mol. The predicted octanol–water partition coefficient (Wildman–Crippen LogP) is 2.71. The summed E-state index contributed by atoms with van der Waals surface area (Å²) < 4.78 is 0. The standard InChI is InChI=1S/C17H22N2O/c1-14(18)16-7-9-17(10-8-16)19(11-12-20)13-15-5-3-2-4-6-15/h2-10,14,20H,11-13,18H2,1H3/t14-/m0/s1. The fourth-order valence-electron chi connectivity index (χ4n) is 2.21. The summed E-state index contributed by atoms with van der Waals surface area (Å²) >= 11 is 0. The van der Waals surface area contributed by atoms with Crippen molar-refractivity contribution >= 4 is 5.69 Å². The van der Waals surface area contributed by atoms with E-state index in [4.69, 9.17) is 5.73 Å². The van der Waals surface area contributed by atoms with Crippen molar-refractivity contribution in [2.75, 3.05) is 18.1 Å². The first-order valence-electron chi connectivity index (χ1n) is 6.96. The average Bonchev–Trinajstić information content (AvgIpc) is 2.48. The molecule has 0 saturated carbocycles. The molecule has 0 saturated heterocycles. The van der Waals surface area contributed by atoms with E-state index in [9.17, 15) is 5.11 Å². The van der Waals surface area contributed by atoms with E-state index in [1.165, 1.54) is 5.56 Å². The molecule has 3 nitrogen and oxygen atoms in total. The molecular formula is C17H22N2O. The highest BCUT2D eigenvalue weighted by atomic mass is 16.3. The molecule has 1 atom stereocenters. The van der Waals surface area contributed by atoms with Gasteiger partial charge < -0.3 is 15.7 Å². The Kier molecular flexibility index (Phi) is 5.16. The Balaban J connectivity index is 2.15. The van der Waals surface area contributed by atoms with Gasteiger partial charge in [0.1, 0.15) is 0 Å². The summed E-state index contributed by atoms with van der Waals surface area (Å²) in [5.74, 6) is 0. The lowest BCUT2D eigenvalue weighted by Gasteiger charge is -2.24. The highest BCUT2D eigenvalue weighted by molar-refractivity contribution is 5.48. The van der Waals surface area contributed by atoms with Gasteiger partial charge >= 0.3 is 0 Å². The SMILES string of the molecule is C[C@H](N)c1ccc(N(CCO)Cc2ccccc2)cc1. The third kappa shape index (κ3) is 3.83. The van der Waals surface area contributed by atoms with Crippen molar-refractivity contribution in [3.05, 3.63) is 65.7 Å². The summed E-state index contributed by atoms with van der Waals surface area (Å²) in [7, 11) is 0. The van der Waals surface area contributed by atoms with E-state index in [0.29, 0.717) is 6.54 Å². The van der Waals surface area contributed by atoms with Crippen molar-refractivity contribution in [3.63, 3.8) is 0 Å². The van der Waals surface area contributed by atoms with Gasteiger partial charge in [-0.05, 0) is 30.2 Å². The third-order valence-corrected chi connectivity index (χ3v) is 3.37. The summed E-state index contributed by atoms with van der Waals surface area (Å²) in [5.41, 5.74) is 9.33. The Hall–Kier alpha value is -1.84. The predicted molar refractivity (Wildman–Crippen MR) is 83.6 cm³/mol. The fraction of sp³-hybridized carbons (Fsp3) is 0.294. The number of anilines is 1. The molecule has 0 spiro atoms. The Morgan fingerprint density at radius 2 is 1.70 bits per heavy atom. The van der Waals surface area contributed by atoms with Gasteiger partial charge in [0, 0.05) is 24.8 Å².